The molecule has 0 aliphatic heterocycles. The lowest BCUT2D eigenvalue weighted by Gasteiger charge is -2.11. The fourth-order valence-corrected chi connectivity index (χ4v) is 2.71. The summed E-state index contributed by atoms with van der Waals surface area (Å²) in [5, 5.41) is 8.57. The molecule has 1 rings (SSSR count). The molecule has 18 heavy (non-hydrogen) atoms. The number of benzene rings is 1. The van der Waals surface area contributed by atoms with Crippen LogP contribution in [0, 0.1) is 0 Å². The predicted molar refractivity (Wildman–Crippen MR) is 75.2 cm³/mol. The van der Waals surface area contributed by atoms with Gasteiger partial charge in [-0.2, -0.15) is 0 Å². The van der Waals surface area contributed by atoms with Crippen molar-refractivity contribution in [3.8, 4) is 5.75 Å². The summed E-state index contributed by atoms with van der Waals surface area (Å²) in [5.74, 6) is 0.645. The van der Waals surface area contributed by atoms with Gasteiger partial charge in [-0.3, -0.25) is 4.79 Å². The number of hydrogen-bond acceptors (Lipinski definition) is 4. The molecule has 1 aromatic carbocycles. The molecule has 4 nitrogen and oxygen atoms in total. The summed E-state index contributed by atoms with van der Waals surface area (Å²) in [6.07, 6.45) is 1.40. The van der Waals surface area contributed by atoms with E-state index in [4.69, 9.17) is 14.6 Å². The summed E-state index contributed by atoms with van der Waals surface area (Å²) < 4.78 is 12.2. The zero-order chi connectivity index (χ0) is 13.4. The Morgan fingerprint density at radius 2 is 1.83 bits per heavy atom. The van der Waals surface area contributed by atoms with Crippen LogP contribution in [0.15, 0.2) is 21.1 Å². The first-order chi connectivity index (χ1) is 8.69. The van der Waals surface area contributed by atoms with Crippen molar-refractivity contribution in [2.75, 3.05) is 26.4 Å². The lowest BCUT2D eigenvalue weighted by atomic mass is 10.2. The number of ether oxygens (including phenoxy) is 2. The molecule has 6 heteroatoms. The first-order valence-corrected chi connectivity index (χ1v) is 7.03. The first kappa shape index (κ1) is 15.6. The van der Waals surface area contributed by atoms with E-state index in [0.29, 0.717) is 46.5 Å². The van der Waals surface area contributed by atoms with Gasteiger partial charge in [0.05, 0.1) is 15.6 Å². The van der Waals surface area contributed by atoms with Crippen molar-refractivity contribution < 1.29 is 19.4 Å². The van der Waals surface area contributed by atoms with Crippen LogP contribution in [0.4, 0.5) is 0 Å². The van der Waals surface area contributed by atoms with Gasteiger partial charge in [-0.1, -0.05) is 0 Å². The highest BCUT2D eigenvalue weighted by Gasteiger charge is 2.08. The molecule has 1 N–H and O–H groups in total. The zero-order valence-corrected chi connectivity index (χ0v) is 12.9. The van der Waals surface area contributed by atoms with E-state index in [0.717, 1.165) is 6.29 Å². The van der Waals surface area contributed by atoms with Crippen LogP contribution in [-0.4, -0.2) is 37.8 Å². The van der Waals surface area contributed by atoms with Crippen LogP contribution in [0.25, 0.3) is 0 Å². The Labute approximate surface area is 123 Å². The van der Waals surface area contributed by atoms with Crippen molar-refractivity contribution in [1.82, 2.24) is 0 Å². The highest BCUT2D eigenvalue weighted by molar-refractivity contribution is 9.11. The number of carbonyl (C=O) groups excluding carboxylic acids is 1. The molecule has 0 aliphatic carbocycles. The second kappa shape index (κ2) is 8.63. The van der Waals surface area contributed by atoms with E-state index in [1.165, 1.54) is 0 Å². The highest BCUT2D eigenvalue weighted by atomic mass is 79.9. The number of rotatable bonds is 8. The first-order valence-electron chi connectivity index (χ1n) is 5.44. The van der Waals surface area contributed by atoms with E-state index < -0.39 is 0 Å². The Hall–Kier alpha value is -0.430. The molecule has 0 bridgehead atoms. The van der Waals surface area contributed by atoms with Crippen LogP contribution in [0.2, 0.25) is 0 Å². The summed E-state index contributed by atoms with van der Waals surface area (Å²) in [5.41, 5.74) is 0.570. The number of carbonyl (C=O) groups is 1. The molecule has 0 saturated heterocycles. The van der Waals surface area contributed by atoms with Crippen molar-refractivity contribution in [2.45, 2.75) is 6.42 Å². The maximum atomic E-state index is 10.7. The van der Waals surface area contributed by atoms with Gasteiger partial charge in [0.25, 0.3) is 0 Å². The molecule has 0 fully saturated rings. The number of hydrogen-bond donors (Lipinski definition) is 1. The number of aliphatic hydroxyl groups is 1. The molecule has 100 valence electrons. The minimum atomic E-state index is 0.130. The van der Waals surface area contributed by atoms with Gasteiger partial charge in [-0.15, -0.1) is 0 Å². The third kappa shape index (κ3) is 5.06. The minimum absolute atomic E-state index is 0.130. The topological polar surface area (TPSA) is 55.8 Å². The lowest BCUT2D eigenvalue weighted by molar-refractivity contribution is 0.0879. The Morgan fingerprint density at radius 3 is 2.39 bits per heavy atom. The van der Waals surface area contributed by atoms with E-state index in [9.17, 15) is 4.79 Å². The Morgan fingerprint density at radius 1 is 1.17 bits per heavy atom. The van der Waals surface area contributed by atoms with Gasteiger partial charge in [-0.25, -0.2) is 0 Å². The van der Waals surface area contributed by atoms with E-state index in [2.05, 4.69) is 31.9 Å². The van der Waals surface area contributed by atoms with Crippen molar-refractivity contribution in [1.29, 1.82) is 0 Å². The molecule has 0 aromatic heterocycles. The molecular formula is C12H14Br2O4. The van der Waals surface area contributed by atoms with Gasteiger partial charge >= 0.3 is 0 Å². The van der Waals surface area contributed by atoms with Crippen LogP contribution in [-0.2, 0) is 4.74 Å². The molecule has 0 spiro atoms. The largest absolute Gasteiger partial charge is 0.489 e. The van der Waals surface area contributed by atoms with E-state index >= 15 is 0 Å². The van der Waals surface area contributed by atoms with E-state index in [-0.39, 0.29) is 6.61 Å². The zero-order valence-electron chi connectivity index (χ0n) is 9.70. The molecule has 0 atom stereocenters. The number of halogens is 2. The van der Waals surface area contributed by atoms with Gasteiger partial charge in [-0.05, 0) is 50.4 Å². The second-order valence-corrected chi connectivity index (χ2v) is 5.18. The fraction of sp³-hybridized carbons (Fsp3) is 0.417. The summed E-state index contributed by atoms with van der Waals surface area (Å²) >= 11 is 6.69. The van der Waals surface area contributed by atoms with Crippen molar-refractivity contribution in [2.24, 2.45) is 0 Å². The van der Waals surface area contributed by atoms with Crippen molar-refractivity contribution in [3.63, 3.8) is 0 Å². The smallest absolute Gasteiger partial charge is 0.150 e. The molecule has 0 saturated carbocycles. The molecule has 0 heterocycles. The average molecular weight is 382 g/mol. The third-order valence-corrected chi connectivity index (χ3v) is 3.26. The summed E-state index contributed by atoms with van der Waals surface area (Å²) in [7, 11) is 0. The van der Waals surface area contributed by atoms with Crippen LogP contribution in [0.3, 0.4) is 0 Å². The molecular weight excluding hydrogens is 368 g/mol. The minimum Gasteiger partial charge on any atom is -0.489 e. The van der Waals surface area contributed by atoms with Crippen LogP contribution >= 0.6 is 31.9 Å². The van der Waals surface area contributed by atoms with E-state index in [1.54, 1.807) is 12.1 Å². The predicted octanol–water partition coefficient (Wildman–Crippen LogP) is 2.80. The third-order valence-electron chi connectivity index (χ3n) is 2.08. The fourth-order valence-electron chi connectivity index (χ4n) is 1.26. The highest BCUT2D eigenvalue weighted by Crippen LogP contribution is 2.34. The number of aliphatic hydroxyl groups excluding tert-OH is 1. The second-order valence-electron chi connectivity index (χ2n) is 3.47. The lowest BCUT2D eigenvalue weighted by Crippen LogP contribution is -2.08. The normalized spacial score (nSPS) is 10.4. The summed E-state index contributed by atoms with van der Waals surface area (Å²) in [4.78, 5) is 10.7. The summed E-state index contributed by atoms with van der Waals surface area (Å²) in [6, 6.07) is 3.39. The summed E-state index contributed by atoms with van der Waals surface area (Å²) in [6.45, 7) is 1.51. The Balaban J connectivity index is 2.45. The van der Waals surface area contributed by atoms with Gasteiger partial charge in [0, 0.05) is 18.8 Å². The number of aldehydes is 1. The van der Waals surface area contributed by atoms with Crippen molar-refractivity contribution >= 4 is 38.1 Å². The Bertz CT molecular complexity index is 373. The molecule has 0 unspecified atom stereocenters. The van der Waals surface area contributed by atoms with Crippen LogP contribution in [0.1, 0.15) is 16.8 Å². The molecule has 1 aromatic rings. The average Bonchev–Trinajstić information content (AvgIpc) is 2.35. The quantitative estimate of drug-likeness (QED) is 0.555. The standard InChI is InChI=1S/C12H14Br2O4/c13-10-6-9(8-16)7-11(14)12(10)18-5-4-17-3-1-2-15/h6-8,15H,1-5H2. The molecule has 0 aliphatic rings. The SMILES string of the molecule is O=Cc1cc(Br)c(OCCOCCCO)c(Br)c1. The van der Waals surface area contributed by atoms with Gasteiger partial charge in [0.2, 0.25) is 0 Å². The Kier molecular flexibility index (Phi) is 7.50. The van der Waals surface area contributed by atoms with Gasteiger partial charge in [0.1, 0.15) is 18.6 Å². The molecule has 0 amide bonds. The van der Waals surface area contributed by atoms with E-state index in [1.807, 2.05) is 0 Å². The monoisotopic (exact) mass is 380 g/mol. The molecule has 0 radical (unpaired) electrons. The van der Waals surface area contributed by atoms with Crippen LogP contribution < -0.4 is 4.74 Å². The van der Waals surface area contributed by atoms with Gasteiger partial charge in [0.15, 0.2) is 0 Å². The van der Waals surface area contributed by atoms with Crippen molar-refractivity contribution in [3.05, 3.63) is 26.6 Å². The van der Waals surface area contributed by atoms with Gasteiger partial charge < -0.3 is 14.6 Å². The maximum Gasteiger partial charge on any atom is 0.150 e. The maximum absolute atomic E-state index is 10.7. The van der Waals surface area contributed by atoms with Crippen LogP contribution in [0.5, 0.6) is 5.75 Å².